The van der Waals surface area contributed by atoms with Crippen molar-refractivity contribution >= 4 is 23.4 Å². The predicted molar refractivity (Wildman–Crippen MR) is 53.7 cm³/mol. The molecule has 0 spiro atoms. The van der Waals surface area contributed by atoms with Gasteiger partial charge in [-0.3, -0.25) is 0 Å². The van der Waals surface area contributed by atoms with Gasteiger partial charge in [0.1, 0.15) is 4.88 Å². The Morgan fingerprint density at radius 2 is 2.46 bits per heavy atom. The van der Waals surface area contributed by atoms with Crippen molar-refractivity contribution in [2.45, 2.75) is 0 Å². The summed E-state index contributed by atoms with van der Waals surface area (Å²) in [6.07, 6.45) is 3.73. The van der Waals surface area contributed by atoms with E-state index in [2.05, 4.69) is 4.74 Å². The molecule has 70 valence electrons. The molecule has 0 bridgehead atoms. The van der Waals surface area contributed by atoms with Gasteiger partial charge >= 0.3 is 5.97 Å². The van der Waals surface area contributed by atoms with Crippen LogP contribution in [-0.2, 0) is 4.74 Å². The third kappa shape index (κ3) is 2.68. The van der Waals surface area contributed by atoms with E-state index in [9.17, 15) is 4.79 Å². The zero-order valence-corrected chi connectivity index (χ0v) is 8.14. The maximum atomic E-state index is 11.0. The molecule has 0 aromatic carbocycles. The average molecular weight is 197 g/mol. The van der Waals surface area contributed by atoms with Crippen molar-refractivity contribution in [3.05, 3.63) is 28.0 Å². The molecule has 0 aliphatic heterocycles. The number of hydrogen-bond acceptors (Lipinski definition) is 4. The van der Waals surface area contributed by atoms with Gasteiger partial charge in [-0.25, -0.2) is 4.79 Å². The van der Waals surface area contributed by atoms with Gasteiger partial charge in [-0.1, -0.05) is 6.08 Å². The zero-order chi connectivity index (χ0) is 9.68. The van der Waals surface area contributed by atoms with E-state index in [0.29, 0.717) is 11.4 Å². The molecule has 1 heterocycles. The second kappa shape index (κ2) is 4.79. The summed E-state index contributed by atoms with van der Waals surface area (Å²) in [6, 6.07) is 3.61. The molecule has 3 nitrogen and oxygen atoms in total. The van der Waals surface area contributed by atoms with Crippen LogP contribution in [0.5, 0.6) is 0 Å². The lowest BCUT2D eigenvalue weighted by atomic mass is 10.4. The highest BCUT2D eigenvalue weighted by Crippen LogP contribution is 2.18. The first-order valence-corrected chi connectivity index (χ1v) is 4.64. The minimum absolute atomic E-state index is 0.294. The van der Waals surface area contributed by atoms with Gasteiger partial charge in [-0.05, 0) is 18.2 Å². The number of rotatable bonds is 3. The quantitative estimate of drug-likeness (QED) is 0.747. The standard InChI is InChI=1S/C9H11NO2S/c1-12-9(11)8-5-4-7(13-8)3-2-6-10/h2-5H,6,10H2,1H3/b3-2+. The Kier molecular flexibility index (Phi) is 3.67. The van der Waals surface area contributed by atoms with Gasteiger partial charge in [0, 0.05) is 11.4 Å². The van der Waals surface area contributed by atoms with Crippen molar-refractivity contribution in [2.75, 3.05) is 13.7 Å². The molecule has 0 aliphatic carbocycles. The summed E-state index contributed by atoms with van der Waals surface area (Å²) >= 11 is 1.39. The monoisotopic (exact) mass is 197 g/mol. The van der Waals surface area contributed by atoms with Crippen LogP contribution in [0.3, 0.4) is 0 Å². The van der Waals surface area contributed by atoms with Crippen LogP contribution in [0.2, 0.25) is 0 Å². The van der Waals surface area contributed by atoms with Crippen LogP contribution in [0.15, 0.2) is 18.2 Å². The summed E-state index contributed by atoms with van der Waals surface area (Å²) in [7, 11) is 1.37. The van der Waals surface area contributed by atoms with Crippen molar-refractivity contribution in [3.63, 3.8) is 0 Å². The minimum atomic E-state index is -0.294. The van der Waals surface area contributed by atoms with Crippen LogP contribution in [0.4, 0.5) is 0 Å². The van der Waals surface area contributed by atoms with Crippen LogP contribution in [0.1, 0.15) is 14.5 Å². The maximum absolute atomic E-state index is 11.0. The number of esters is 1. The number of ether oxygens (including phenoxy) is 1. The van der Waals surface area contributed by atoms with E-state index < -0.39 is 0 Å². The first kappa shape index (κ1) is 9.95. The van der Waals surface area contributed by atoms with Gasteiger partial charge in [0.15, 0.2) is 0 Å². The highest BCUT2D eigenvalue weighted by molar-refractivity contribution is 7.14. The molecule has 1 rings (SSSR count). The number of carbonyl (C=O) groups excluding carboxylic acids is 1. The van der Waals surface area contributed by atoms with Crippen LogP contribution in [0.25, 0.3) is 6.08 Å². The summed E-state index contributed by atoms with van der Waals surface area (Å²) < 4.78 is 4.58. The number of carbonyl (C=O) groups is 1. The zero-order valence-electron chi connectivity index (χ0n) is 7.32. The molecule has 0 atom stereocenters. The van der Waals surface area contributed by atoms with Gasteiger partial charge in [0.2, 0.25) is 0 Å². The highest BCUT2D eigenvalue weighted by atomic mass is 32.1. The van der Waals surface area contributed by atoms with E-state index in [1.54, 1.807) is 6.07 Å². The van der Waals surface area contributed by atoms with Crippen molar-refractivity contribution < 1.29 is 9.53 Å². The van der Waals surface area contributed by atoms with E-state index in [1.807, 2.05) is 18.2 Å². The molecule has 0 saturated carbocycles. The van der Waals surface area contributed by atoms with Gasteiger partial charge in [-0.2, -0.15) is 0 Å². The first-order valence-electron chi connectivity index (χ1n) is 3.82. The predicted octanol–water partition coefficient (Wildman–Crippen LogP) is 1.51. The fourth-order valence-corrected chi connectivity index (χ4v) is 1.69. The first-order chi connectivity index (χ1) is 6.27. The summed E-state index contributed by atoms with van der Waals surface area (Å²) in [5.41, 5.74) is 5.30. The van der Waals surface area contributed by atoms with E-state index in [-0.39, 0.29) is 5.97 Å². The lowest BCUT2D eigenvalue weighted by Crippen LogP contribution is -1.96. The lowest BCUT2D eigenvalue weighted by molar-refractivity contribution is 0.0606. The van der Waals surface area contributed by atoms with Crippen LogP contribution in [-0.4, -0.2) is 19.6 Å². The number of hydrogen-bond donors (Lipinski definition) is 1. The third-order valence-corrected chi connectivity index (χ3v) is 2.46. The Bertz CT molecular complexity index is 317. The number of thiophene rings is 1. The van der Waals surface area contributed by atoms with Crippen molar-refractivity contribution in [3.8, 4) is 0 Å². The average Bonchev–Trinajstić information content (AvgIpc) is 2.62. The Morgan fingerprint density at radius 3 is 3.08 bits per heavy atom. The molecule has 0 saturated heterocycles. The normalized spacial score (nSPS) is 10.6. The highest BCUT2D eigenvalue weighted by Gasteiger charge is 2.06. The Hall–Kier alpha value is -1.13. The van der Waals surface area contributed by atoms with Gasteiger partial charge in [0.25, 0.3) is 0 Å². The summed E-state index contributed by atoms with van der Waals surface area (Å²) in [5, 5.41) is 0. The van der Waals surface area contributed by atoms with Crippen LogP contribution in [0, 0.1) is 0 Å². The van der Waals surface area contributed by atoms with Gasteiger partial charge in [-0.15, -0.1) is 11.3 Å². The molecular formula is C9H11NO2S. The molecule has 0 aliphatic rings. The summed E-state index contributed by atoms with van der Waals surface area (Å²) in [4.78, 5) is 12.7. The number of nitrogens with two attached hydrogens (primary N) is 1. The molecular weight excluding hydrogens is 186 g/mol. The lowest BCUT2D eigenvalue weighted by Gasteiger charge is -1.91. The summed E-state index contributed by atoms with van der Waals surface area (Å²) in [5.74, 6) is -0.294. The Morgan fingerprint density at radius 1 is 1.69 bits per heavy atom. The second-order valence-corrected chi connectivity index (χ2v) is 3.45. The SMILES string of the molecule is COC(=O)c1ccc(/C=C/CN)s1. The molecule has 0 radical (unpaired) electrons. The van der Waals surface area contributed by atoms with Gasteiger partial charge < -0.3 is 10.5 Å². The van der Waals surface area contributed by atoms with Crippen molar-refractivity contribution in [1.29, 1.82) is 0 Å². The molecule has 0 amide bonds. The molecule has 0 unspecified atom stereocenters. The van der Waals surface area contributed by atoms with E-state index >= 15 is 0 Å². The molecule has 13 heavy (non-hydrogen) atoms. The van der Waals surface area contributed by atoms with E-state index in [4.69, 9.17) is 5.73 Å². The molecule has 0 fully saturated rings. The van der Waals surface area contributed by atoms with Gasteiger partial charge in [0.05, 0.1) is 7.11 Å². The second-order valence-electron chi connectivity index (χ2n) is 2.33. The fourth-order valence-electron chi connectivity index (χ4n) is 0.837. The number of methoxy groups -OCH3 is 1. The van der Waals surface area contributed by atoms with Crippen molar-refractivity contribution in [1.82, 2.24) is 0 Å². The minimum Gasteiger partial charge on any atom is -0.465 e. The van der Waals surface area contributed by atoms with Crippen LogP contribution >= 0.6 is 11.3 Å². The molecule has 2 N–H and O–H groups in total. The van der Waals surface area contributed by atoms with E-state index in [1.165, 1.54) is 18.4 Å². The maximum Gasteiger partial charge on any atom is 0.348 e. The van der Waals surface area contributed by atoms with E-state index in [0.717, 1.165) is 4.88 Å². The van der Waals surface area contributed by atoms with Crippen LogP contribution < -0.4 is 5.73 Å². The third-order valence-electron chi connectivity index (χ3n) is 1.43. The molecule has 4 heteroatoms. The molecule has 1 aromatic rings. The summed E-state index contributed by atoms with van der Waals surface area (Å²) in [6.45, 7) is 0.505. The topological polar surface area (TPSA) is 52.3 Å². The Balaban J connectivity index is 2.74. The molecule has 1 aromatic heterocycles. The fraction of sp³-hybridized carbons (Fsp3) is 0.222. The smallest absolute Gasteiger partial charge is 0.348 e. The van der Waals surface area contributed by atoms with Crippen molar-refractivity contribution in [2.24, 2.45) is 5.73 Å². The largest absolute Gasteiger partial charge is 0.465 e. The Labute approximate surface area is 80.8 Å².